The van der Waals surface area contributed by atoms with Gasteiger partial charge >= 0.3 is 5.97 Å². The maximum absolute atomic E-state index is 12.2. The normalized spacial score (nSPS) is 17.6. The Labute approximate surface area is 126 Å². The van der Waals surface area contributed by atoms with Gasteiger partial charge < -0.3 is 10.1 Å². The molecule has 0 radical (unpaired) electrons. The molecule has 6 heteroatoms. The molecule has 1 fully saturated rings. The summed E-state index contributed by atoms with van der Waals surface area (Å²) >= 11 is 0. The van der Waals surface area contributed by atoms with E-state index in [1.54, 1.807) is 4.90 Å². The Morgan fingerprint density at radius 3 is 2.33 bits per heavy atom. The summed E-state index contributed by atoms with van der Waals surface area (Å²) in [7, 11) is 1.33. The van der Waals surface area contributed by atoms with Gasteiger partial charge in [-0.3, -0.25) is 14.5 Å². The van der Waals surface area contributed by atoms with Gasteiger partial charge in [-0.05, 0) is 19.4 Å². The number of nitrogens with zero attached hydrogens (tertiary/aromatic N) is 2. The minimum Gasteiger partial charge on any atom is -0.468 e. The van der Waals surface area contributed by atoms with E-state index in [1.165, 1.54) is 7.11 Å². The molecule has 0 aromatic carbocycles. The lowest BCUT2D eigenvalue weighted by Crippen LogP contribution is -2.51. The molecule has 0 unspecified atom stereocenters. The van der Waals surface area contributed by atoms with E-state index >= 15 is 0 Å². The molecular formula is C15H25N3O3. The van der Waals surface area contributed by atoms with Crippen LogP contribution >= 0.6 is 0 Å². The summed E-state index contributed by atoms with van der Waals surface area (Å²) in [5.74, 6) is -0.571. The van der Waals surface area contributed by atoms with Crippen LogP contribution in [0.1, 0.15) is 45.4 Å². The highest BCUT2D eigenvalue weighted by molar-refractivity contribution is 5.80. The standard InChI is InChI=1S/C15H25N3O3/c1-3-18(11-14(20)21-2)10-13(19)17-15(12-16)8-6-4-5-7-9-15/h3-11H2,1-2H3,(H,17,19). The van der Waals surface area contributed by atoms with E-state index in [2.05, 4.69) is 16.1 Å². The van der Waals surface area contributed by atoms with Crippen molar-refractivity contribution in [3.8, 4) is 6.07 Å². The molecule has 0 aromatic heterocycles. The third-order valence-electron chi connectivity index (χ3n) is 3.94. The lowest BCUT2D eigenvalue weighted by molar-refractivity contribution is -0.142. The highest BCUT2D eigenvalue weighted by Crippen LogP contribution is 2.26. The molecular weight excluding hydrogens is 270 g/mol. The Balaban J connectivity index is 2.57. The van der Waals surface area contributed by atoms with Crippen LogP contribution in [0, 0.1) is 11.3 Å². The van der Waals surface area contributed by atoms with Crippen LogP contribution in [-0.2, 0) is 14.3 Å². The number of esters is 1. The van der Waals surface area contributed by atoms with Gasteiger partial charge in [0.05, 0.1) is 26.3 Å². The third kappa shape index (κ3) is 5.72. The van der Waals surface area contributed by atoms with Crippen LogP contribution in [0.4, 0.5) is 0 Å². The summed E-state index contributed by atoms with van der Waals surface area (Å²) in [6, 6.07) is 2.29. The van der Waals surface area contributed by atoms with Gasteiger partial charge in [0, 0.05) is 0 Å². The molecule has 0 aromatic rings. The highest BCUT2D eigenvalue weighted by Gasteiger charge is 2.32. The van der Waals surface area contributed by atoms with E-state index < -0.39 is 5.54 Å². The van der Waals surface area contributed by atoms with E-state index in [1.807, 2.05) is 6.92 Å². The molecule has 1 aliphatic carbocycles. The molecule has 0 spiro atoms. The van der Waals surface area contributed by atoms with Crippen molar-refractivity contribution in [3.05, 3.63) is 0 Å². The van der Waals surface area contributed by atoms with Crippen LogP contribution < -0.4 is 5.32 Å². The summed E-state index contributed by atoms with van der Waals surface area (Å²) in [5.41, 5.74) is -0.738. The molecule has 0 bridgehead atoms. The number of methoxy groups -OCH3 is 1. The highest BCUT2D eigenvalue weighted by atomic mass is 16.5. The van der Waals surface area contributed by atoms with Gasteiger partial charge in [-0.15, -0.1) is 0 Å². The van der Waals surface area contributed by atoms with Crippen molar-refractivity contribution in [2.45, 2.75) is 51.0 Å². The third-order valence-corrected chi connectivity index (χ3v) is 3.94. The van der Waals surface area contributed by atoms with Crippen molar-refractivity contribution in [1.29, 1.82) is 5.26 Å². The molecule has 0 heterocycles. The fourth-order valence-corrected chi connectivity index (χ4v) is 2.63. The number of nitriles is 1. The van der Waals surface area contributed by atoms with E-state index in [-0.39, 0.29) is 25.0 Å². The molecule has 0 saturated heterocycles. The van der Waals surface area contributed by atoms with E-state index in [4.69, 9.17) is 0 Å². The number of carbonyl (C=O) groups is 2. The smallest absolute Gasteiger partial charge is 0.319 e. The fourth-order valence-electron chi connectivity index (χ4n) is 2.63. The molecule has 0 atom stereocenters. The maximum Gasteiger partial charge on any atom is 0.319 e. The fraction of sp³-hybridized carbons (Fsp3) is 0.800. The van der Waals surface area contributed by atoms with Gasteiger partial charge in [-0.25, -0.2) is 0 Å². The second-order valence-corrected chi connectivity index (χ2v) is 5.54. The van der Waals surface area contributed by atoms with Crippen molar-refractivity contribution in [2.75, 3.05) is 26.7 Å². The number of likely N-dealkylation sites (N-methyl/N-ethyl adjacent to an activating group) is 1. The van der Waals surface area contributed by atoms with Crippen LogP contribution in [-0.4, -0.2) is 49.1 Å². The Kier molecular flexibility index (Phi) is 7.17. The summed E-state index contributed by atoms with van der Waals surface area (Å²) in [6.45, 7) is 2.64. The number of nitrogens with one attached hydrogen (secondary N) is 1. The van der Waals surface area contributed by atoms with E-state index in [0.29, 0.717) is 19.4 Å². The average molecular weight is 295 g/mol. The zero-order valence-corrected chi connectivity index (χ0v) is 13.0. The van der Waals surface area contributed by atoms with Crippen molar-refractivity contribution >= 4 is 11.9 Å². The second-order valence-electron chi connectivity index (χ2n) is 5.54. The number of ether oxygens (including phenoxy) is 1. The van der Waals surface area contributed by atoms with Crippen molar-refractivity contribution < 1.29 is 14.3 Å². The predicted molar refractivity (Wildman–Crippen MR) is 78.3 cm³/mol. The summed E-state index contributed by atoms with van der Waals surface area (Å²) in [6.07, 6.45) is 5.57. The molecule has 1 N–H and O–H groups in total. The number of carbonyl (C=O) groups excluding carboxylic acids is 2. The number of amides is 1. The Morgan fingerprint density at radius 1 is 1.24 bits per heavy atom. The summed E-state index contributed by atoms with van der Waals surface area (Å²) in [4.78, 5) is 25.1. The first-order valence-electron chi connectivity index (χ1n) is 7.56. The summed E-state index contributed by atoms with van der Waals surface area (Å²) in [5, 5.41) is 12.3. The van der Waals surface area contributed by atoms with Crippen molar-refractivity contribution in [3.63, 3.8) is 0 Å². The first-order chi connectivity index (χ1) is 10.0. The molecule has 1 amide bonds. The Morgan fingerprint density at radius 2 is 1.86 bits per heavy atom. The molecule has 21 heavy (non-hydrogen) atoms. The van der Waals surface area contributed by atoms with Gasteiger partial charge in [0.1, 0.15) is 5.54 Å². The van der Waals surface area contributed by atoms with Crippen LogP contribution in [0.5, 0.6) is 0 Å². The van der Waals surface area contributed by atoms with Crippen LogP contribution in [0.2, 0.25) is 0 Å². The number of rotatable bonds is 6. The largest absolute Gasteiger partial charge is 0.468 e. The lowest BCUT2D eigenvalue weighted by Gasteiger charge is -2.28. The van der Waals surface area contributed by atoms with Crippen molar-refractivity contribution in [2.24, 2.45) is 0 Å². The van der Waals surface area contributed by atoms with Gasteiger partial charge in [0.15, 0.2) is 0 Å². The predicted octanol–water partition coefficient (Wildman–Crippen LogP) is 1.21. The first kappa shape index (κ1) is 17.4. The van der Waals surface area contributed by atoms with Gasteiger partial charge in [-0.1, -0.05) is 32.6 Å². The van der Waals surface area contributed by atoms with E-state index in [9.17, 15) is 14.9 Å². The monoisotopic (exact) mass is 295 g/mol. The minimum atomic E-state index is -0.738. The summed E-state index contributed by atoms with van der Waals surface area (Å²) < 4.78 is 4.61. The lowest BCUT2D eigenvalue weighted by atomic mass is 9.92. The molecule has 0 aliphatic heterocycles. The maximum atomic E-state index is 12.2. The topological polar surface area (TPSA) is 82.4 Å². The molecule has 1 aliphatic rings. The Hall–Kier alpha value is -1.61. The van der Waals surface area contributed by atoms with Gasteiger partial charge in [0.2, 0.25) is 5.91 Å². The number of hydrogen-bond acceptors (Lipinski definition) is 5. The second kappa shape index (κ2) is 8.63. The molecule has 1 saturated carbocycles. The van der Waals surface area contributed by atoms with Gasteiger partial charge in [-0.2, -0.15) is 5.26 Å². The minimum absolute atomic E-state index is 0.0833. The SMILES string of the molecule is CCN(CC(=O)NC1(C#N)CCCCCC1)CC(=O)OC. The zero-order chi connectivity index (χ0) is 15.7. The molecule has 118 valence electrons. The molecule has 6 nitrogen and oxygen atoms in total. The van der Waals surface area contributed by atoms with Gasteiger partial charge in [0.25, 0.3) is 0 Å². The van der Waals surface area contributed by atoms with Crippen molar-refractivity contribution in [1.82, 2.24) is 10.2 Å². The first-order valence-corrected chi connectivity index (χ1v) is 7.56. The van der Waals surface area contributed by atoms with Crippen LogP contribution in [0.25, 0.3) is 0 Å². The Bertz CT molecular complexity index is 395. The van der Waals surface area contributed by atoms with Crippen LogP contribution in [0.3, 0.4) is 0 Å². The molecule has 1 rings (SSSR count). The quantitative estimate of drug-likeness (QED) is 0.588. The van der Waals surface area contributed by atoms with E-state index in [0.717, 1.165) is 25.7 Å². The van der Waals surface area contributed by atoms with Crippen LogP contribution in [0.15, 0.2) is 0 Å². The zero-order valence-electron chi connectivity index (χ0n) is 13.0. The average Bonchev–Trinajstić information content (AvgIpc) is 2.72. The number of hydrogen-bond donors (Lipinski definition) is 1.